The molecule has 0 aliphatic carbocycles. The number of carbonyl (C=O) groups excluding carboxylic acids is 1. The maximum absolute atomic E-state index is 13.5. The molecule has 2 N–H and O–H groups in total. The summed E-state index contributed by atoms with van der Waals surface area (Å²) in [6, 6.07) is 4.16. The minimum atomic E-state index is -0.535. The number of hydrogen-bond acceptors (Lipinski definition) is 3. The van der Waals surface area contributed by atoms with Crippen LogP contribution in [0.2, 0.25) is 5.02 Å². The third-order valence-corrected chi connectivity index (χ3v) is 3.72. The van der Waals surface area contributed by atoms with Gasteiger partial charge in [-0.3, -0.25) is 4.79 Å². The molecule has 4 nitrogen and oxygen atoms in total. The Kier molecular flexibility index (Phi) is 5.34. The van der Waals surface area contributed by atoms with E-state index in [1.165, 1.54) is 18.2 Å². The maximum Gasteiger partial charge on any atom is 0.225 e. The van der Waals surface area contributed by atoms with Crippen LogP contribution >= 0.6 is 11.6 Å². The minimum Gasteiger partial charge on any atom is -0.396 e. The second-order valence-corrected chi connectivity index (χ2v) is 5.50. The van der Waals surface area contributed by atoms with Crippen LogP contribution in [-0.4, -0.2) is 42.2 Å². The highest BCUT2D eigenvalue weighted by Gasteiger charge is 2.21. The fourth-order valence-electron chi connectivity index (χ4n) is 2.33. The Hall–Kier alpha value is -1.17. The van der Waals surface area contributed by atoms with Gasteiger partial charge in [-0.05, 0) is 37.1 Å². The summed E-state index contributed by atoms with van der Waals surface area (Å²) in [5, 5.41) is 11.9. The Balaban J connectivity index is 1.78. The van der Waals surface area contributed by atoms with E-state index in [0.717, 1.165) is 19.5 Å². The lowest BCUT2D eigenvalue weighted by atomic mass is 10.1. The fourth-order valence-corrected chi connectivity index (χ4v) is 2.49. The van der Waals surface area contributed by atoms with Crippen molar-refractivity contribution in [2.45, 2.75) is 12.8 Å². The highest BCUT2D eigenvalue weighted by atomic mass is 35.5. The van der Waals surface area contributed by atoms with Crippen LogP contribution in [0.1, 0.15) is 12.8 Å². The Morgan fingerprint density at radius 3 is 3.00 bits per heavy atom. The van der Waals surface area contributed by atoms with Crippen LogP contribution < -0.4 is 5.32 Å². The lowest BCUT2D eigenvalue weighted by Crippen LogP contribution is -2.26. The molecular formula is C14H18ClFN2O2. The molecule has 0 radical (unpaired) electrons. The molecule has 1 aliphatic rings. The number of benzene rings is 1. The molecule has 0 saturated carbocycles. The standard InChI is InChI=1S/C14H18ClFN2O2/c15-11-1-2-13(12(16)7-11)17-14(20)4-6-18-5-3-10(8-18)9-19/h1-2,7,10,19H,3-6,8-9H2,(H,17,20). The van der Waals surface area contributed by atoms with Crippen molar-refractivity contribution < 1.29 is 14.3 Å². The van der Waals surface area contributed by atoms with E-state index in [0.29, 0.717) is 23.9 Å². The van der Waals surface area contributed by atoms with Crippen molar-refractivity contribution in [2.75, 3.05) is 31.6 Å². The lowest BCUT2D eigenvalue weighted by Gasteiger charge is -2.15. The zero-order valence-corrected chi connectivity index (χ0v) is 11.9. The van der Waals surface area contributed by atoms with Crippen molar-refractivity contribution >= 4 is 23.2 Å². The molecule has 1 fully saturated rings. The first kappa shape index (κ1) is 15.2. The Labute approximate surface area is 122 Å². The summed E-state index contributed by atoms with van der Waals surface area (Å²) < 4.78 is 13.5. The van der Waals surface area contributed by atoms with Gasteiger partial charge in [-0.15, -0.1) is 0 Å². The monoisotopic (exact) mass is 300 g/mol. The van der Waals surface area contributed by atoms with E-state index in [2.05, 4.69) is 10.2 Å². The molecule has 6 heteroatoms. The van der Waals surface area contributed by atoms with Gasteiger partial charge in [0.05, 0.1) is 5.69 Å². The molecule has 1 atom stereocenters. The largest absolute Gasteiger partial charge is 0.396 e. The second kappa shape index (κ2) is 7.02. The Morgan fingerprint density at radius 2 is 2.35 bits per heavy atom. The number of anilines is 1. The van der Waals surface area contributed by atoms with Gasteiger partial charge < -0.3 is 15.3 Å². The molecule has 1 aliphatic heterocycles. The SMILES string of the molecule is O=C(CCN1CCC(CO)C1)Nc1ccc(Cl)cc1F. The van der Waals surface area contributed by atoms with Gasteiger partial charge in [0.2, 0.25) is 5.91 Å². The van der Waals surface area contributed by atoms with Crippen molar-refractivity contribution in [3.63, 3.8) is 0 Å². The number of amides is 1. The number of halogens is 2. The van der Waals surface area contributed by atoms with Gasteiger partial charge in [-0.25, -0.2) is 4.39 Å². The molecule has 0 aromatic heterocycles. The average Bonchev–Trinajstić information content (AvgIpc) is 2.88. The van der Waals surface area contributed by atoms with Gasteiger partial charge in [0.25, 0.3) is 0 Å². The van der Waals surface area contributed by atoms with Crippen LogP contribution in [0.3, 0.4) is 0 Å². The van der Waals surface area contributed by atoms with Gasteiger partial charge in [0.15, 0.2) is 0 Å². The molecule has 0 spiro atoms. The third-order valence-electron chi connectivity index (χ3n) is 3.49. The lowest BCUT2D eigenvalue weighted by molar-refractivity contribution is -0.116. The van der Waals surface area contributed by atoms with E-state index < -0.39 is 5.82 Å². The second-order valence-electron chi connectivity index (χ2n) is 5.06. The van der Waals surface area contributed by atoms with Crippen molar-refractivity contribution in [1.82, 2.24) is 4.90 Å². The molecule has 1 aromatic carbocycles. The van der Waals surface area contributed by atoms with E-state index in [1.54, 1.807) is 0 Å². The number of nitrogens with one attached hydrogen (secondary N) is 1. The van der Waals surface area contributed by atoms with Crippen LogP contribution in [0.15, 0.2) is 18.2 Å². The quantitative estimate of drug-likeness (QED) is 0.876. The number of rotatable bonds is 5. The zero-order chi connectivity index (χ0) is 14.5. The first-order valence-electron chi connectivity index (χ1n) is 6.66. The van der Waals surface area contributed by atoms with Crippen LogP contribution in [0.25, 0.3) is 0 Å². The summed E-state index contributed by atoms with van der Waals surface area (Å²) in [5.41, 5.74) is 0.147. The van der Waals surface area contributed by atoms with Gasteiger partial charge in [0.1, 0.15) is 5.82 Å². The van der Waals surface area contributed by atoms with Crippen LogP contribution in [0, 0.1) is 11.7 Å². The minimum absolute atomic E-state index is 0.147. The number of carbonyl (C=O) groups is 1. The van der Waals surface area contributed by atoms with Crippen LogP contribution in [0.4, 0.5) is 10.1 Å². The Bertz CT molecular complexity index is 484. The number of aliphatic hydroxyl groups is 1. The summed E-state index contributed by atoms with van der Waals surface area (Å²) in [7, 11) is 0. The molecule has 20 heavy (non-hydrogen) atoms. The average molecular weight is 301 g/mol. The molecular weight excluding hydrogens is 283 g/mol. The number of nitrogens with zero attached hydrogens (tertiary/aromatic N) is 1. The normalized spacial score (nSPS) is 19.2. The number of likely N-dealkylation sites (tertiary alicyclic amines) is 1. The molecule has 1 aromatic rings. The molecule has 110 valence electrons. The van der Waals surface area contributed by atoms with E-state index in [4.69, 9.17) is 16.7 Å². The smallest absolute Gasteiger partial charge is 0.225 e. The van der Waals surface area contributed by atoms with E-state index in [9.17, 15) is 9.18 Å². The highest BCUT2D eigenvalue weighted by Crippen LogP contribution is 2.19. The van der Waals surface area contributed by atoms with E-state index in [-0.39, 0.29) is 18.2 Å². The van der Waals surface area contributed by atoms with Gasteiger partial charge in [-0.2, -0.15) is 0 Å². The summed E-state index contributed by atoms with van der Waals surface area (Å²) in [6.45, 7) is 2.53. The molecule has 1 amide bonds. The highest BCUT2D eigenvalue weighted by molar-refractivity contribution is 6.30. The fraction of sp³-hybridized carbons (Fsp3) is 0.500. The van der Waals surface area contributed by atoms with Crippen molar-refractivity contribution in [3.05, 3.63) is 29.0 Å². The van der Waals surface area contributed by atoms with Gasteiger partial charge >= 0.3 is 0 Å². The van der Waals surface area contributed by atoms with Crippen molar-refractivity contribution in [3.8, 4) is 0 Å². The predicted octanol–water partition coefficient (Wildman–Crippen LogP) is 2.12. The molecule has 0 bridgehead atoms. The molecule has 1 unspecified atom stereocenters. The van der Waals surface area contributed by atoms with Crippen molar-refractivity contribution in [2.24, 2.45) is 5.92 Å². The topological polar surface area (TPSA) is 52.6 Å². The zero-order valence-electron chi connectivity index (χ0n) is 11.1. The molecule has 1 heterocycles. The van der Waals surface area contributed by atoms with E-state index >= 15 is 0 Å². The predicted molar refractivity (Wildman–Crippen MR) is 76.3 cm³/mol. The first-order valence-corrected chi connectivity index (χ1v) is 7.04. The summed E-state index contributed by atoms with van der Waals surface area (Å²) in [5.74, 6) is -0.446. The number of hydrogen-bond donors (Lipinski definition) is 2. The van der Waals surface area contributed by atoms with Crippen LogP contribution in [-0.2, 0) is 4.79 Å². The van der Waals surface area contributed by atoms with Gasteiger partial charge in [0, 0.05) is 31.1 Å². The summed E-state index contributed by atoms with van der Waals surface area (Å²) in [6.07, 6.45) is 1.27. The molecule has 1 saturated heterocycles. The third kappa shape index (κ3) is 4.16. The van der Waals surface area contributed by atoms with Crippen LogP contribution in [0.5, 0.6) is 0 Å². The summed E-state index contributed by atoms with van der Waals surface area (Å²) in [4.78, 5) is 13.9. The van der Waals surface area contributed by atoms with Gasteiger partial charge in [-0.1, -0.05) is 11.6 Å². The number of aliphatic hydroxyl groups excluding tert-OH is 1. The van der Waals surface area contributed by atoms with E-state index in [1.807, 2.05) is 0 Å². The van der Waals surface area contributed by atoms with Crippen molar-refractivity contribution in [1.29, 1.82) is 0 Å². The first-order chi connectivity index (χ1) is 9.58. The molecule has 2 rings (SSSR count). The summed E-state index contributed by atoms with van der Waals surface area (Å²) >= 11 is 5.65. The Morgan fingerprint density at radius 1 is 1.55 bits per heavy atom. The maximum atomic E-state index is 13.5.